The lowest BCUT2D eigenvalue weighted by molar-refractivity contribution is -0.362. The highest BCUT2D eigenvalue weighted by molar-refractivity contribution is 6.58. The summed E-state index contributed by atoms with van der Waals surface area (Å²) in [5, 5.41) is 5.84. The Kier molecular flexibility index (Phi) is 10.6. The van der Waals surface area contributed by atoms with Gasteiger partial charge in [0.15, 0.2) is 11.5 Å². The molecule has 4 rings (SSSR count). The number of nitrogens with one attached hydrogen (secondary N) is 2. The van der Waals surface area contributed by atoms with Crippen LogP contribution in [0.15, 0.2) is 48.2 Å². The molecule has 44 heavy (non-hydrogen) atoms. The molecule has 0 radical (unpaired) electrons. The molecule has 1 aromatic carbocycles. The summed E-state index contributed by atoms with van der Waals surface area (Å²) in [4.78, 5) is 36.1. The molecule has 0 aliphatic carbocycles. The number of carbonyl (C=O) groups is 3. The fourth-order valence-electron chi connectivity index (χ4n) is 5.34. The molecule has 0 atom stereocenters. The predicted molar refractivity (Wildman–Crippen MR) is 175 cm³/mol. The summed E-state index contributed by atoms with van der Waals surface area (Å²) >= 11 is 0. The van der Waals surface area contributed by atoms with Gasteiger partial charge in [0.2, 0.25) is 5.91 Å². The Balaban J connectivity index is 0.000000317. The van der Waals surface area contributed by atoms with E-state index in [0.29, 0.717) is 42.2 Å². The molecule has 0 bridgehead atoms. The summed E-state index contributed by atoms with van der Waals surface area (Å²) in [6, 6.07) is 9.36. The molecular weight excluding hydrogens is 561 g/mol. The predicted octanol–water partition coefficient (Wildman–Crippen LogP) is 6.95. The van der Waals surface area contributed by atoms with Crippen molar-refractivity contribution >= 4 is 41.9 Å². The average molecular weight is 609 g/mol. The number of para-hydroxylation sites is 1. The summed E-state index contributed by atoms with van der Waals surface area (Å²) in [5.74, 6) is 0.132. The Labute approximate surface area is 260 Å². The van der Waals surface area contributed by atoms with Gasteiger partial charge < -0.3 is 28.2 Å². The third-order valence-electron chi connectivity index (χ3n) is 7.79. The first kappa shape index (κ1) is 34.7. The van der Waals surface area contributed by atoms with Gasteiger partial charge in [0, 0.05) is 78.9 Å². The number of amides is 1. The van der Waals surface area contributed by atoms with Crippen molar-refractivity contribution in [1.82, 2.24) is 9.79 Å². The highest BCUT2D eigenvalue weighted by Gasteiger charge is 2.52. The van der Waals surface area contributed by atoms with Crippen LogP contribution in [-0.2, 0) is 9.59 Å². The number of hydrogen-bond acceptors (Lipinski definition) is 4. The van der Waals surface area contributed by atoms with Crippen LogP contribution in [0, 0.1) is 24.7 Å². The smallest absolute Gasteiger partial charge is 0.394 e. The number of ketones is 2. The van der Waals surface area contributed by atoms with Crippen LogP contribution < -0.4 is 10.6 Å². The Morgan fingerprint density at radius 3 is 2.23 bits per heavy atom. The molecule has 0 unspecified atom stereocenters. The molecule has 2 aliphatic rings. The first-order valence-corrected chi connectivity index (χ1v) is 15.3. The largest absolute Gasteiger partial charge is 0.737 e. The second kappa shape index (κ2) is 13.4. The summed E-state index contributed by atoms with van der Waals surface area (Å²) in [5.41, 5.74) is 3.72. The number of aryl methyl sites for hydroxylation is 2. The maximum atomic E-state index is 15.3. The molecule has 0 spiro atoms. The molecule has 1 amide bonds. The molecule has 0 fully saturated rings. The highest BCUT2D eigenvalue weighted by atomic mass is 19.2. The number of nitrogens with zero attached hydrogens (tertiary/aromatic N) is 2. The van der Waals surface area contributed by atoms with E-state index >= 15 is 8.63 Å². The van der Waals surface area contributed by atoms with E-state index in [2.05, 4.69) is 10.6 Å². The molecule has 2 aromatic rings. The van der Waals surface area contributed by atoms with Crippen LogP contribution in [0.2, 0.25) is 0 Å². The van der Waals surface area contributed by atoms with Crippen molar-refractivity contribution in [2.75, 3.05) is 18.9 Å². The minimum atomic E-state index is -3.99. The van der Waals surface area contributed by atoms with Gasteiger partial charge in [-0.2, -0.15) is 0 Å². The van der Waals surface area contributed by atoms with Gasteiger partial charge in [0.05, 0.1) is 0 Å². The molecule has 10 heteroatoms. The Morgan fingerprint density at radius 1 is 0.955 bits per heavy atom. The number of rotatable bonds is 9. The highest BCUT2D eigenvalue weighted by Crippen LogP contribution is 2.34. The molecule has 0 saturated carbocycles. The Bertz CT molecular complexity index is 1520. The SMILES string of the molecule is CNc1ccccc1C(=O)C(C)(C)C.Cc1cc(C)n2c1C=C1C=CC(CCC(=O)CCCNC(=O)C(C)(C)C)=[N+]1[B-]2(F)F. The fraction of sp³-hybridized carbons (Fsp3) is 0.471. The number of carbonyl (C=O) groups excluding carboxylic acids is 3. The van der Waals surface area contributed by atoms with E-state index in [1.165, 1.54) is 0 Å². The zero-order chi connectivity index (χ0) is 33.0. The fourth-order valence-corrected chi connectivity index (χ4v) is 5.34. The third kappa shape index (κ3) is 7.82. The summed E-state index contributed by atoms with van der Waals surface area (Å²) in [6.07, 6.45) is 6.52. The monoisotopic (exact) mass is 608 g/mol. The van der Waals surface area contributed by atoms with Crippen LogP contribution in [0.1, 0.15) is 94.5 Å². The van der Waals surface area contributed by atoms with Crippen LogP contribution >= 0.6 is 0 Å². The van der Waals surface area contributed by atoms with E-state index in [9.17, 15) is 14.4 Å². The summed E-state index contributed by atoms with van der Waals surface area (Å²) < 4.78 is 32.9. The average Bonchev–Trinajstić information content (AvgIpc) is 3.49. The standard InChI is InChI=1S/C22H30BF2N3O2.C12H17NO/c1-15-13-16(2)27-20(15)14-18-9-8-17(28(18)23(27,24)25)10-11-19(29)7-6-12-26-21(30)22(3,4)5;1-12(2,3)11(14)9-7-5-6-8-10(9)13-4/h8-9,13-14H,6-7,10-12H2,1-5H3,(H,26,30);5-8,13H,1-4H3. The molecular formula is C34H47BF2N4O3. The van der Waals surface area contributed by atoms with Crippen molar-refractivity contribution in [3.05, 3.63) is 70.7 Å². The van der Waals surface area contributed by atoms with Gasteiger partial charge in [-0.05, 0) is 49.7 Å². The van der Waals surface area contributed by atoms with Crippen LogP contribution in [0.4, 0.5) is 14.3 Å². The Morgan fingerprint density at radius 2 is 1.61 bits per heavy atom. The van der Waals surface area contributed by atoms with E-state index in [4.69, 9.17) is 0 Å². The molecule has 2 aliphatic heterocycles. The number of halogens is 2. The maximum absolute atomic E-state index is 15.3. The Hall–Kier alpha value is -3.82. The van der Waals surface area contributed by atoms with Crippen molar-refractivity contribution in [2.24, 2.45) is 10.8 Å². The van der Waals surface area contributed by atoms with Gasteiger partial charge in [0.25, 0.3) is 0 Å². The first-order chi connectivity index (χ1) is 20.4. The number of hydrogen-bond donors (Lipinski definition) is 2. The second-order valence-electron chi connectivity index (χ2n) is 13.6. The van der Waals surface area contributed by atoms with Crippen LogP contribution in [0.3, 0.4) is 0 Å². The third-order valence-corrected chi connectivity index (χ3v) is 7.79. The first-order valence-electron chi connectivity index (χ1n) is 15.3. The van der Waals surface area contributed by atoms with E-state index in [-0.39, 0.29) is 35.7 Å². The summed E-state index contributed by atoms with van der Waals surface area (Å²) in [6.45, 7) is 11.3. The van der Waals surface area contributed by atoms with Gasteiger partial charge >= 0.3 is 6.97 Å². The van der Waals surface area contributed by atoms with Gasteiger partial charge in [-0.3, -0.25) is 14.4 Å². The van der Waals surface area contributed by atoms with Gasteiger partial charge in [-0.25, -0.2) is 0 Å². The number of benzene rings is 1. The van der Waals surface area contributed by atoms with Crippen molar-refractivity contribution < 1.29 is 27.5 Å². The van der Waals surface area contributed by atoms with Crippen molar-refractivity contribution in [3.63, 3.8) is 0 Å². The number of fused-ring (bicyclic) bond motifs is 2. The van der Waals surface area contributed by atoms with E-state index in [1.54, 1.807) is 31.2 Å². The molecule has 7 nitrogen and oxygen atoms in total. The maximum Gasteiger partial charge on any atom is 0.737 e. The molecule has 238 valence electrons. The van der Waals surface area contributed by atoms with E-state index in [1.807, 2.05) is 79.8 Å². The van der Waals surface area contributed by atoms with Gasteiger partial charge in [-0.1, -0.05) is 53.7 Å². The molecule has 1 aromatic heterocycles. The minimum Gasteiger partial charge on any atom is -0.394 e. The quantitative estimate of drug-likeness (QED) is 0.183. The molecule has 2 N–H and O–H groups in total. The lowest BCUT2D eigenvalue weighted by Crippen LogP contribution is -2.50. The number of allylic oxidation sites excluding steroid dienone is 2. The van der Waals surface area contributed by atoms with Crippen LogP contribution in [0.25, 0.3) is 6.08 Å². The topological polar surface area (TPSA) is 83.2 Å². The van der Waals surface area contributed by atoms with Crippen molar-refractivity contribution in [1.29, 1.82) is 0 Å². The summed E-state index contributed by atoms with van der Waals surface area (Å²) in [7, 11) is 1.83. The second-order valence-corrected chi connectivity index (χ2v) is 13.6. The van der Waals surface area contributed by atoms with Crippen LogP contribution in [-0.4, -0.2) is 52.7 Å². The number of anilines is 1. The minimum absolute atomic E-state index is 0.0137. The van der Waals surface area contributed by atoms with E-state index in [0.717, 1.165) is 25.8 Å². The zero-order valence-corrected chi connectivity index (χ0v) is 27.6. The number of Topliss-reactive ketones (excluding diaryl/α,β-unsaturated/α-hetero) is 2. The van der Waals surface area contributed by atoms with Crippen molar-refractivity contribution in [3.8, 4) is 0 Å². The number of aromatic nitrogens is 1. The van der Waals surface area contributed by atoms with E-state index < -0.39 is 12.4 Å². The van der Waals surface area contributed by atoms with Gasteiger partial charge in [-0.15, -0.1) is 0 Å². The normalized spacial score (nSPS) is 15.1. The molecule has 0 saturated heterocycles. The zero-order valence-electron chi connectivity index (χ0n) is 27.6. The molecule has 3 heterocycles. The lowest BCUT2D eigenvalue weighted by Gasteiger charge is -2.30. The van der Waals surface area contributed by atoms with Gasteiger partial charge in [0.1, 0.15) is 11.5 Å². The van der Waals surface area contributed by atoms with Crippen molar-refractivity contribution in [2.45, 2.75) is 81.1 Å². The van der Waals surface area contributed by atoms with Crippen LogP contribution in [0.5, 0.6) is 0 Å². The lowest BCUT2D eigenvalue weighted by atomic mass is 9.86.